The Labute approximate surface area is 149 Å². The molecular formula is C18H20N4O2S. The van der Waals surface area contributed by atoms with Crippen LogP contribution in [0.15, 0.2) is 41.2 Å². The molecule has 0 aliphatic rings. The van der Waals surface area contributed by atoms with Crippen LogP contribution < -0.4 is 5.56 Å². The van der Waals surface area contributed by atoms with Gasteiger partial charge in [0.05, 0.1) is 16.3 Å². The van der Waals surface area contributed by atoms with Crippen molar-refractivity contribution in [1.29, 1.82) is 0 Å². The van der Waals surface area contributed by atoms with E-state index in [4.69, 9.17) is 0 Å². The first-order chi connectivity index (χ1) is 12.0. The lowest BCUT2D eigenvalue weighted by Gasteiger charge is -2.23. The lowest BCUT2D eigenvalue weighted by atomic mass is 10.2. The molecule has 0 spiro atoms. The van der Waals surface area contributed by atoms with Crippen LogP contribution in [-0.2, 0) is 6.54 Å². The van der Waals surface area contributed by atoms with Crippen LogP contribution in [0.5, 0.6) is 0 Å². The third-order valence-electron chi connectivity index (χ3n) is 4.09. The molecule has 1 aromatic carbocycles. The zero-order valence-corrected chi connectivity index (χ0v) is 15.3. The number of para-hydroxylation sites is 1. The molecule has 1 unspecified atom stereocenters. The van der Waals surface area contributed by atoms with Crippen molar-refractivity contribution in [2.75, 3.05) is 7.05 Å². The van der Waals surface area contributed by atoms with Gasteiger partial charge in [0.2, 0.25) is 0 Å². The van der Waals surface area contributed by atoms with Crippen molar-refractivity contribution in [1.82, 2.24) is 19.7 Å². The van der Waals surface area contributed by atoms with E-state index in [0.29, 0.717) is 6.54 Å². The first-order valence-electron chi connectivity index (χ1n) is 8.22. The summed E-state index contributed by atoms with van der Waals surface area (Å²) in [4.78, 5) is 30.8. The number of benzene rings is 1. The third-order valence-corrected chi connectivity index (χ3v) is 5.30. The molecule has 2 aromatic heterocycles. The Kier molecular flexibility index (Phi) is 4.94. The summed E-state index contributed by atoms with van der Waals surface area (Å²) in [7, 11) is 1.73. The molecule has 0 N–H and O–H groups in total. The summed E-state index contributed by atoms with van der Waals surface area (Å²) in [5, 5.41) is 5.07. The predicted molar refractivity (Wildman–Crippen MR) is 98.9 cm³/mol. The summed E-state index contributed by atoms with van der Waals surface area (Å²) in [5.74, 6) is -0.225. The SMILES string of the molecule is CCCn1nc(C(=O)N(C)C(C)c2nc3ccccc3s2)ccc1=O. The van der Waals surface area contributed by atoms with E-state index in [2.05, 4.69) is 10.1 Å². The molecule has 1 amide bonds. The highest BCUT2D eigenvalue weighted by atomic mass is 32.1. The van der Waals surface area contributed by atoms with E-state index < -0.39 is 0 Å². The zero-order valence-electron chi connectivity index (χ0n) is 14.5. The highest BCUT2D eigenvalue weighted by Gasteiger charge is 2.23. The van der Waals surface area contributed by atoms with E-state index >= 15 is 0 Å². The van der Waals surface area contributed by atoms with Gasteiger partial charge < -0.3 is 4.90 Å². The van der Waals surface area contributed by atoms with Crippen LogP contribution in [-0.4, -0.2) is 32.6 Å². The minimum absolute atomic E-state index is 0.182. The van der Waals surface area contributed by atoms with Crippen LogP contribution in [0.25, 0.3) is 10.2 Å². The van der Waals surface area contributed by atoms with Gasteiger partial charge >= 0.3 is 0 Å². The van der Waals surface area contributed by atoms with Gasteiger partial charge in [0, 0.05) is 19.7 Å². The van der Waals surface area contributed by atoms with E-state index in [1.807, 2.05) is 38.1 Å². The quantitative estimate of drug-likeness (QED) is 0.704. The van der Waals surface area contributed by atoms with Crippen molar-refractivity contribution in [3.05, 3.63) is 57.5 Å². The number of aryl methyl sites for hydroxylation is 1. The largest absolute Gasteiger partial charge is 0.331 e. The molecule has 0 aliphatic heterocycles. The molecule has 0 saturated carbocycles. The van der Waals surface area contributed by atoms with Crippen LogP contribution in [0, 0.1) is 0 Å². The molecule has 2 heterocycles. The Morgan fingerprint density at radius 3 is 2.76 bits per heavy atom. The maximum Gasteiger partial charge on any atom is 0.274 e. The van der Waals surface area contributed by atoms with Crippen LogP contribution >= 0.6 is 11.3 Å². The summed E-state index contributed by atoms with van der Waals surface area (Å²) in [5.41, 5.74) is 1.01. The van der Waals surface area contributed by atoms with E-state index in [0.717, 1.165) is 21.6 Å². The number of thiazole rings is 1. The van der Waals surface area contributed by atoms with Crippen LogP contribution in [0.4, 0.5) is 0 Å². The summed E-state index contributed by atoms with van der Waals surface area (Å²) in [6.45, 7) is 4.40. The van der Waals surface area contributed by atoms with Crippen LogP contribution in [0.2, 0.25) is 0 Å². The number of carbonyl (C=O) groups is 1. The summed E-state index contributed by atoms with van der Waals surface area (Å²) < 4.78 is 2.43. The van der Waals surface area contributed by atoms with Gasteiger partial charge in [0.15, 0.2) is 0 Å². The first kappa shape index (κ1) is 17.3. The monoisotopic (exact) mass is 356 g/mol. The second kappa shape index (κ2) is 7.14. The smallest absolute Gasteiger partial charge is 0.274 e. The Morgan fingerprint density at radius 2 is 2.04 bits per heavy atom. The Morgan fingerprint density at radius 1 is 1.28 bits per heavy atom. The molecule has 1 atom stereocenters. The van der Waals surface area contributed by atoms with Crippen molar-refractivity contribution in [3.63, 3.8) is 0 Å². The predicted octanol–water partition coefficient (Wildman–Crippen LogP) is 3.10. The van der Waals surface area contributed by atoms with E-state index in [-0.39, 0.29) is 23.2 Å². The van der Waals surface area contributed by atoms with Gasteiger partial charge in [0.25, 0.3) is 11.5 Å². The molecule has 0 bridgehead atoms. The van der Waals surface area contributed by atoms with Gasteiger partial charge in [0.1, 0.15) is 10.7 Å². The van der Waals surface area contributed by atoms with Gasteiger partial charge in [-0.05, 0) is 31.5 Å². The normalized spacial score (nSPS) is 12.3. The number of rotatable bonds is 5. The molecule has 6 nitrogen and oxygen atoms in total. The van der Waals surface area contributed by atoms with E-state index in [9.17, 15) is 9.59 Å². The van der Waals surface area contributed by atoms with Crippen LogP contribution in [0.1, 0.15) is 41.8 Å². The topological polar surface area (TPSA) is 68.1 Å². The molecule has 3 rings (SSSR count). The highest BCUT2D eigenvalue weighted by Crippen LogP contribution is 2.29. The molecule has 0 saturated heterocycles. The van der Waals surface area contributed by atoms with Crippen molar-refractivity contribution in [2.45, 2.75) is 32.9 Å². The molecule has 0 aliphatic carbocycles. The molecular weight excluding hydrogens is 336 g/mol. The number of amides is 1. The Bertz CT molecular complexity index is 930. The molecule has 0 fully saturated rings. The molecule has 130 valence electrons. The average Bonchev–Trinajstić information content (AvgIpc) is 3.06. The van der Waals surface area contributed by atoms with E-state index in [1.165, 1.54) is 16.8 Å². The standard InChI is InChI=1S/C18H20N4O2S/c1-4-11-22-16(23)10-9-14(20-22)18(24)21(3)12(2)17-19-13-7-5-6-8-15(13)25-17/h5-10,12H,4,11H2,1-3H3. The Balaban J connectivity index is 1.86. The lowest BCUT2D eigenvalue weighted by Crippen LogP contribution is -2.33. The fraction of sp³-hybridized carbons (Fsp3) is 0.333. The molecule has 0 radical (unpaired) electrons. The second-order valence-electron chi connectivity index (χ2n) is 5.89. The number of hydrogen-bond acceptors (Lipinski definition) is 5. The van der Waals surface area contributed by atoms with Gasteiger partial charge in [-0.15, -0.1) is 11.3 Å². The molecule has 25 heavy (non-hydrogen) atoms. The number of nitrogens with zero attached hydrogens (tertiary/aromatic N) is 4. The maximum atomic E-state index is 12.8. The Hall–Kier alpha value is -2.54. The number of carbonyl (C=O) groups excluding carboxylic acids is 1. The van der Waals surface area contributed by atoms with Crippen molar-refractivity contribution >= 4 is 27.5 Å². The summed E-state index contributed by atoms with van der Waals surface area (Å²) >= 11 is 1.58. The minimum Gasteiger partial charge on any atom is -0.331 e. The lowest BCUT2D eigenvalue weighted by molar-refractivity contribution is 0.0733. The highest BCUT2D eigenvalue weighted by molar-refractivity contribution is 7.18. The maximum absolute atomic E-state index is 12.8. The van der Waals surface area contributed by atoms with Gasteiger partial charge in [-0.2, -0.15) is 5.10 Å². The first-order valence-corrected chi connectivity index (χ1v) is 9.03. The average molecular weight is 356 g/mol. The second-order valence-corrected chi connectivity index (χ2v) is 6.95. The molecule has 3 aromatic rings. The van der Waals surface area contributed by atoms with Gasteiger partial charge in [-0.3, -0.25) is 9.59 Å². The number of aromatic nitrogens is 3. The molecule has 7 heteroatoms. The van der Waals surface area contributed by atoms with Crippen molar-refractivity contribution < 1.29 is 4.79 Å². The fourth-order valence-corrected chi connectivity index (χ4v) is 3.59. The van der Waals surface area contributed by atoms with E-state index in [1.54, 1.807) is 23.3 Å². The van der Waals surface area contributed by atoms with Gasteiger partial charge in [-0.1, -0.05) is 19.1 Å². The van der Waals surface area contributed by atoms with Crippen molar-refractivity contribution in [2.24, 2.45) is 0 Å². The number of hydrogen-bond donors (Lipinski definition) is 0. The fourth-order valence-electron chi connectivity index (χ4n) is 2.53. The van der Waals surface area contributed by atoms with Gasteiger partial charge in [-0.25, -0.2) is 9.67 Å². The minimum atomic E-state index is -0.225. The van der Waals surface area contributed by atoms with Crippen molar-refractivity contribution in [3.8, 4) is 0 Å². The third kappa shape index (κ3) is 3.46. The summed E-state index contributed by atoms with van der Waals surface area (Å²) in [6, 6.07) is 10.6. The summed E-state index contributed by atoms with van der Waals surface area (Å²) in [6.07, 6.45) is 0.780. The zero-order chi connectivity index (χ0) is 18.0. The number of fused-ring (bicyclic) bond motifs is 1. The van der Waals surface area contributed by atoms with Crippen LogP contribution in [0.3, 0.4) is 0 Å².